The minimum Gasteiger partial charge on any atom is -0.462 e. The first-order valence-corrected chi connectivity index (χ1v) is 26.9. The molecule has 0 rings (SSSR count). The Labute approximate surface area is 382 Å². The van der Waals surface area contributed by atoms with Gasteiger partial charge in [0.2, 0.25) is 0 Å². The number of likely N-dealkylation sites (N-methyl/N-ethyl adjacent to an activating group) is 1. The summed E-state index contributed by atoms with van der Waals surface area (Å²) in [6.07, 6.45) is 53.1. The summed E-state index contributed by atoms with van der Waals surface area (Å²) in [6, 6.07) is 0. The Kier molecular flexibility index (Phi) is 42.7. The number of rotatable bonds is 46. The number of hydrogen-bond donors (Lipinski definition) is 1. The van der Waals surface area contributed by atoms with Crippen LogP contribution in [0, 0.1) is 0 Å². The number of carbonyl (C=O) groups excluding carboxylic acids is 2. The predicted octanol–water partition coefficient (Wildman–Crippen LogP) is 15.0. The number of carbonyl (C=O) groups is 2. The number of phosphoric ester groups is 1. The molecular weight excluding hydrogens is 798 g/mol. The van der Waals surface area contributed by atoms with Crippen molar-refractivity contribution in [1.82, 2.24) is 0 Å². The molecule has 0 aromatic rings. The molecule has 1 unspecified atom stereocenters. The molecule has 0 bridgehead atoms. The van der Waals surface area contributed by atoms with Gasteiger partial charge < -0.3 is 18.9 Å². The summed E-state index contributed by atoms with van der Waals surface area (Å²) in [5.74, 6) is -0.828. The molecule has 0 aliphatic carbocycles. The van der Waals surface area contributed by atoms with Crippen molar-refractivity contribution in [2.45, 2.75) is 225 Å². The molecular formula is C52H97NO8P+. The topological polar surface area (TPSA) is 108 Å². The van der Waals surface area contributed by atoms with Crippen LogP contribution in [0.5, 0.6) is 0 Å². The molecule has 9 nitrogen and oxygen atoms in total. The summed E-state index contributed by atoms with van der Waals surface area (Å²) < 4.78 is 34.4. The summed E-state index contributed by atoms with van der Waals surface area (Å²) in [6.45, 7) is 4.34. The third-order valence-electron chi connectivity index (χ3n) is 10.8. The van der Waals surface area contributed by atoms with Gasteiger partial charge in [-0.3, -0.25) is 18.6 Å². The number of nitrogens with zero attached hydrogens (tertiary/aromatic N) is 1. The highest BCUT2D eigenvalue weighted by Crippen LogP contribution is 2.43. The van der Waals surface area contributed by atoms with Gasteiger partial charge >= 0.3 is 19.8 Å². The van der Waals surface area contributed by atoms with Crippen molar-refractivity contribution >= 4 is 19.8 Å². The zero-order valence-electron chi connectivity index (χ0n) is 40.9. The SMILES string of the molecule is CCC/C=C/C/C=C/C/C=C/C/C=C/CCCCCC(=O)O[C@H](COC(=O)CCCCCCCCCCCCCCCCCCCCCCC)COP(=O)(O)OCC[N+](C)(C)C. The van der Waals surface area contributed by atoms with Crippen molar-refractivity contribution in [1.29, 1.82) is 0 Å². The van der Waals surface area contributed by atoms with Crippen LogP contribution in [0.3, 0.4) is 0 Å². The Morgan fingerprint density at radius 3 is 1.35 bits per heavy atom. The van der Waals surface area contributed by atoms with Gasteiger partial charge in [0.25, 0.3) is 0 Å². The fraction of sp³-hybridized carbons (Fsp3) is 0.808. The van der Waals surface area contributed by atoms with Crippen molar-refractivity contribution in [3.05, 3.63) is 48.6 Å². The van der Waals surface area contributed by atoms with Crippen molar-refractivity contribution in [3.63, 3.8) is 0 Å². The Balaban J connectivity index is 4.27. The Hall–Kier alpha value is -2.03. The van der Waals surface area contributed by atoms with E-state index in [4.69, 9.17) is 18.5 Å². The molecule has 0 saturated heterocycles. The van der Waals surface area contributed by atoms with Crippen LogP contribution in [0.25, 0.3) is 0 Å². The van der Waals surface area contributed by atoms with Gasteiger partial charge in [-0.2, -0.15) is 0 Å². The van der Waals surface area contributed by atoms with Crippen LogP contribution >= 0.6 is 7.82 Å². The lowest BCUT2D eigenvalue weighted by molar-refractivity contribution is -0.870. The first-order chi connectivity index (χ1) is 30.0. The monoisotopic (exact) mass is 895 g/mol. The first-order valence-electron chi connectivity index (χ1n) is 25.4. The number of allylic oxidation sites excluding steroid dienone is 8. The third kappa shape index (κ3) is 47.4. The number of unbranched alkanes of at least 4 members (excludes halogenated alkanes) is 24. The van der Waals surface area contributed by atoms with E-state index in [2.05, 4.69) is 62.5 Å². The smallest absolute Gasteiger partial charge is 0.462 e. The lowest BCUT2D eigenvalue weighted by Gasteiger charge is -2.24. The molecule has 2 atom stereocenters. The highest BCUT2D eigenvalue weighted by atomic mass is 31.2. The Bertz CT molecular complexity index is 1190. The molecule has 0 heterocycles. The molecule has 0 aliphatic rings. The van der Waals surface area contributed by atoms with Crippen molar-refractivity contribution in [2.75, 3.05) is 47.5 Å². The Morgan fingerprint density at radius 2 is 0.903 bits per heavy atom. The quantitative estimate of drug-likeness (QED) is 0.0212. The number of hydrogen-bond acceptors (Lipinski definition) is 7. The van der Waals surface area contributed by atoms with Crippen LogP contribution in [0.4, 0.5) is 0 Å². The van der Waals surface area contributed by atoms with Gasteiger partial charge in [-0.1, -0.05) is 204 Å². The first kappa shape index (κ1) is 60.0. The molecule has 0 amide bonds. The van der Waals surface area contributed by atoms with Crippen molar-refractivity contribution in [2.24, 2.45) is 0 Å². The lowest BCUT2D eigenvalue weighted by Crippen LogP contribution is -2.37. The van der Waals surface area contributed by atoms with Crippen LogP contribution in [0.15, 0.2) is 48.6 Å². The average Bonchev–Trinajstić information content (AvgIpc) is 3.23. The number of phosphoric acid groups is 1. The van der Waals surface area contributed by atoms with E-state index in [0.29, 0.717) is 17.4 Å². The van der Waals surface area contributed by atoms with Gasteiger partial charge in [-0.15, -0.1) is 0 Å². The van der Waals surface area contributed by atoms with Gasteiger partial charge in [0, 0.05) is 12.8 Å². The zero-order valence-corrected chi connectivity index (χ0v) is 41.7. The molecule has 0 radical (unpaired) electrons. The van der Waals surface area contributed by atoms with E-state index in [1.165, 1.54) is 122 Å². The number of esters is 2. The molecule has 10 heteroatoms. The maximum atomic E-state index is 12.7. The Morgan fingerprint density at radius 1 is 0.500 bits per heavy atom. The predicted molar refractivity (Wildman–Crippen MR) is 261 cm³/mol. The van der Waals surface area contributed by atoms with Crippen LogP contribution < -0.4 is 0 Å². The molecule has 1 N–H and O–H groups in total. The van der Waals surface area contributed by atoms with Crippen LogP contribution in [0.2, 0.25) is 0 Å². The van der Waals surface area contributed by atoms with E-state index in [1.807, 2.05) is 21.1 Å². The minimum absolute atomic E-state index is 0.0250. The van der Waals surface area contributed by atoms with Crippen LogP contribution in [-0.4, -0.2) is 74.9 Å². The second-order valence-electron chi connectivity index (χ2n) is 18.2. The maximum Gasteiger partial charge on any atom is 0.472 e. The van der Waals surface area contributed by atoms with Crippen molar-refractivity contribution < 1.29 is 42.1 Å². The van der Waals surface area contributed by atoms with E-state index in [9.17, 15) is 19.0 Å². The molecule has 0 aliphatic heterocycles. The highest BCUT2D eigenvalue weighted by Gasteiger charge is 2.27. The molecule has 0 spiro atoms. The highest BCUT2D eigenvalue weighted by molar-refractivity contribution is 7.47. The second kappa shape index (κ2) is 44.2. The molecule has 0 saturated carbocycles. The van der Waals surface area contributed by atoms with E-state index in [-0.39, 0.29) is 32.0 Å². The van der Waals surface area contributed by atoms with E-state index >= 15 is 0 Å². The molecule has 62 heavy (non-hydrogen) atoms. The standard InChI is InChI=1S/C52H96NO8P/c1-6-8-10-12-14-16-18-20-22-24-25-26-27-29-30-32-34-36-38-40-42-44-51(54)58-48-50(49-60-62(56,57)59-47-46-53(3,4)5)61-52(55)45-43-41-39-37-35-33-31-28-23-21-19-17-15-13-11-9-7-2/h11,13,17,19,23,28,33,35,50H,6-10,12,14-16,18,20-22,24-27,29-32,34,36-49H2,1-5H3/p+1/b13-11+,19-17+,28-23+,35-33+/t50-/m1/s1. The number of ether oxygens (including phenoxy) is 2. The normalized spacial score (nSPS) is 13.8. The fourth-order valence-electron chi connectivity index (χ4n) is 6.89. The van der Waals surface area contributed by atoms with Crippen LogP contribution in [-0.2, 0) is 32.7 Å². The van der Waals surface area contributed by atoms with Gasteiger partial charge in [-0.05, 0) is 51.4 Å². The van der Waals surface area contributed by atoms with E-state index in [1.54, 1.807) is 0 Å². The van der Waals surface area contributed by atoms with Gasteiger partial charge in [0.15, 0.2) is 6.10 Å². The lowest BCUT2D eigenvalue weighted by atomic mass is 10.0. The summed E-state index contributed by atoms with van der Waals surface area (Å²) >= 11 is 0. The number of quaternary nitrogens is 1. The maximum absolute atomic E-state index is 12.7. The third-order valence-corrected chi connectivity index (χ3v) is 11.8. The van der Waals surface area contributed by atoms with Gasteiger partial charge in [-0.25, -0.2) is 4.57 Å². The van der Waals surface area contributed by atoms with E-state index < -0.39 is 26.5 Å². The summed E-state index contributed by atoms with van der Waals surface area (Å²) in [4.78, 5) is 35.5. The second-order valence-corrected chi connectivity index (χ2v) is 19.7. The minimum atomic E-state index is -4.39. The largest absolute Gasteiger partial charge is 0.472 e. The molecule has 0 aromatic carbocycles. The summed E-state index contributed by atoms with van der Waals surface area (Å²) in [5, 5.41) is 0. The van der Waals surface area contributed by atoms with Gasteiger partial charge in [0.05, 0.1) is 27.7 Å². The molecule has 362 valence electrons. The van der Waals surface area contributed by atoms with Crippen molar-refractivity contribution in [3.8, 4) is 0 Å². The van der Waals surface area contributed by atoms with Gasteiger partial charge in [0.1, 0.15) is 19.8 Å². The molecule has 0 aromatic heterocycles. The molecule has 0 fully saturated rings. The summed E-state index contributed by atoms with van der Waals surface area (Å²) in [5.41, 5.74) is 0. The van der Waals surface area contributed by atoms with Crippen LogP contribution in [0.1, 0.15) is 219 Å². The zero-order chi connectivity index (χ0) is 45.7. The van der Waals surface area contributed by atoms with E-state index in [0.717, 1.165) is 64.2 Å². The average molecular weight is 895 g/mol. The summed E-state index contributed by atoms with van der Waals surface area (Å²) in [7, 11) is 1.46. The fourth-order valence-corrected chi connectivity index (χ4v) is 7.63.